The molecule has 2 atom stereocenters. The second-order valence-electron chi connectivity index (χ2n) is 3.90. The summed E-state index contributed by atoms with van der Waals surface area (Å²) in [5.41, 5.74) is -0.479. The van der Waals surface area contributed by atoms with Gasteiger partial charge in [-0.2, -0.15) is 0 Å². The zero-order chi connectivity index (χ0) is 14.4. The van der Waals surface area contributed by atoms with Crippen molar-refractivity contribution in [2.75, 3.05) is 6.54 Å². The van der Waals surface area contributed by atoms with Crippen LogP contribution in [0, 0.1) is 24.0 Å². The molecule has 0 unspecified atom stereocenters. The van der Waals surface area contributed by atoms with Gasteiger partial charge < -0.3 is 15.7 Å². The van der Waals surface area contributed by atoms with E-state index in [0.29, 0.717) is 0 Å². The van der Waals surface area contributed by atoms with E-state index in [-0.39, 0.29) is 6.54 Å². The van der Waals surface area contributed by atoms with Crippen LogP contribution < -0.4 is 10.6 Å². The zero-order valence-corrected chi connectivity index (χ0v) is 10.3. The third-order valence-corrected chi connectivity index (χ3v) is 2.48. The first-order chi connectivity index (χ1) is 8.97. The van der Waals surface area contributed by atoms with Crippen molar-refractivity contribution in [3.63, 3.8) is 0 Å². The van der Waals surface area contributed by atoms with Crippen molar-refractivity contribution in [2.45, 2.75) is 19.1 Å². The summed E-state index contributed by atoms with van der Waals surface area (Å²) in [7, 11) is 0. The Kier molecular flexibility index (Phi) is 5.27. The first-order valence-electron chi connectivity index (χ1n) is 5.57. The highest BCUT2D eigenvalue weighted by Crippen LogP contribution is 2.23. The largest absolute Gasteiger partial charge is 0.386 e. The lowest BCUT2D eigenvalue weighted by atomic mass is 10.0. The molecule has 4 nitrogen and oxygen atoms in total. The average Bonchev–Trinajstić information content (AvgIpc) is 2.35. The minimum absolute atomic E-state index is 0.0166. The number of rotatable bonds is 4. The number of benzene rings is 1. The molecule has 102 valence electrons. The molecular weight excluding hydrogens is 254 g/mol. The van der Waals surface area contributed by atoms with Crippen LogP contribution in [0.2, 0.25) is 0 Å². The molecule has 0 heterocycles. The molecule has 0 fully saturated rings. The number of halogens is 2. The summed E-state index contributed by atoms with van der Waals surface area (Å²) in [5, 5.41) is 14.5. The van der Waals surface area contributed by atoms with Gasteiger partial charge in [0.1, 0.15) is 17.7 Å². The Morgan fingerprint density at radius 1 is 1.47 bits per heavy atom. The topological polar surface area (TPSA) is 61.4 Å². The van der Waals surface area contributed by atoms with E-state index in [1.54, 1.807) is 0 Å². The molecule has 6 heteroatoms. The van der Waals surface area contributed by atoms with Gasteiger partial charge in [0.25, 0.3) is 0 Å². The zero-order valence-electron chi connectivity index (χ0n) is 10.3. The molecule has 19 heavy (non-hydrogen) atoms. The number of aliphatic hydroxyl groups is 1. The molecule has 0 saturated carbocycles. The molecule has 0 bridgehead atoms. The molecule has 3 N–H and O–H groups in total. The third kappa shape index (κ3) is 3.93. The van der Waals surface area contributed by atoms with Crippen LogP contribution >= 0.6 is 0 Å². The summed E-state index contributed by atoms with van der Waals surface area (Å²) in [6.45, 7) is 1.44. The van der Waals surface area contributed by atoms with Gasteiger partial charge in [-0.15, -0.1) is 6.42 Å². The lowest BCUT2D eigenvalue weighted by molar-refractivity contribution is 0.129. The van der Waals surface area contributed by atoms with Gasteiger partial charge >= 0.3 is 6.03 Å². The van der Waals surface area contributed by atoms with E-state index in [2.05, 4.69) is 16.6 Å². The molecule has 1 aromatic carbocycles. The van der Waals surface area contributed by atoms with Crippen molar-refractivity contribution in [3.05, 3.63) is 35.4 Å². The summed E-state index contributed by atoms with van der Waals surface area (Å²) in [6, 6.07) is 1.75. The maximum Gasteiger partial charge on any atom is 0.315 e. The van der Waals surface area contributed by atoms with Crippen LogP contribution in [-0.2, 0) is 0 Å². The fourth-order valence-electron chi connectivity index (χ4n) is 1.51. The van der Waals surface area contributed by atoms with E-state index in [4.69, 9.17) is 6.42 Å². The van der Waals surface area contributed by atoms with E-state index in [1.807, 2.05) is 0 Å². The number of carbonyl (C=O) groups is 1. The maximum atomic E-state index is 13.4. The van der Waals surface area contributed by atoms with E-state index in [0.717, 1.165) is 12.1 Å². The van der Waals surface area contributed by atoms with Gasteiger partial charge in [-0.3, -0.25) is 0 Å². The van der Waals surface area contributed by atoms with E-state index in [9.17, 15) is 18.7 Å². The number of aliphatic hydroxyl groups excluding tert-OH is 1. The van der Waals surface area contributed by atoms with Gasteiger partial charge in [0, 0.05) is 0 Å². The quantitative estimate of drug-likeness (QED) is 0.721. The summed E-state index contributed by atoms with van der Waals surface area (Å²) in [6.07, 6.45) is 3.46. The molecule has 0 aliphatic rings. The number of hydrogen-bond acceptors (Lipinski definition) is 2. The van der Waals surface area contributed by atoms with Crippen LogP contribution in [0.15, 0.2) is 18.2 Å². The molecular formula is C13H14F2N2O2. The number of terminal acetylenes is 1. The predicted molar refractivity (Wildman–Crippen MR) is 66.1 cm³/mol. The maximum absolute atomic E-state index is 13.4. The molecule has 0 spiro atoms. The van der Waals surface area contributed by atoms with Crippen LogP contribution in [-0.4, -0.2) is 23.7 Å². The Bertz CT molecular complexity index is 480. The summed E-state index contributed by atoms with van der Waals surface area (Å²) in [5.74, 6) is 0.456. The second-order valence-corrected chi connectivity index (χ2v) is 3.90. The molecule has 0 saturated heterocycles. The molecule has 2 amide bonds. The molecule has 0 aliphatic heterocycles. The van der Waals surface area contributed by atoms with Crippen molar-refractivity contribution >= 4 is 6.03 Å². The molecule has 1 rings (SSSR count). The lowest BCUT2D eigenvalue weighted by Crippen LogP contribution is -2.43. The smallest absolute Gasteiger partial charge is 0.315 e. The van der Waals surface area contributed by atoms with Crippen molar-refractivity contribution in [2.24, 2.45) is 0 Å². The Balaban J connectivity index is 2.75. The minimum atomic E-state index is -1.50. The second kappa shape index (κ2) is 6.71. The number of urea groups is 1. The third-order valence-electron chi connectivity index (χ3n) is 2.48. The van der Waals surface area contributed by atoms with E-state index >= 15 is 0 Å². The SMILES string of the molecule is C#CCNC(=O)N[C@@H](C)[C@H](O)c1c(F)cccc1F. The fourth-order valence-corrected chi connectivity index (χ4v) is 1.51. The van der Waals surface area contributed by atoms with Gasteiger partial charge in [-0.1, -0.05) is 12.0 Å². The Labute approximate surface area is 109 Å². The molecule has 1 aromatic rings. The van der Waals surface area contributed by atoms with Gasteiger partial charge in [0.15, 0.2) is 0 Å². The van der Waals surface area contributed by atoms with Gasteiger partial charge in [0.2, 0.25) is 0 Å². The summed E-state index contributed by atoms with van der Waals surface area (Å²) in [4.78, 5) is 11.3. The summed E-state index contributed by atoms with van der Waals surface area (Å²) < 4.78 is 26.9. The number of carbonyl (C=O) groups excluding carboxylic acids is 1. The van der Waals surface area contributed by atoms with Crippen LogP contribution in [0.4, 0.5) is 13.6 Å². The first kappa shape index (κ1) is 14.9. The molecule has 0 aliphatic carbocycles. The highest BCUT2D eigenvalue weighted by atomic mass is 19.1. The highest BCUT2D eigenvalue weighted by Gasteiger charge is 2.24. The standard InChI is InChI=1S/C13H14F2N2O2/c1-3-7-16-13(19)17-8(2)12(18)11-9(14)5-4-6-10(11)15/h1,4-6,8,12,18H,7H2,2H3,(H2,16,17,19)/t8-,12-/m0/s1. The van der Waals surface area contributed by atoms with Crippen LogP contribution in [0.1, 0.15) is 18.6 Å². The van der Waals surface area contributed by atoms with Crippen molar-refractivity contribution in [1.82, 2.24) is 10.6 Å². The van der Waals surface area contributed by atoms with Crippen LogP contribution in [0.3, 0.4) is 0 Å². The Morgan fingerprint density at radius 3 is 2.58 bits per heavy atom. The number of amides is 2. The van der Waals surface area contributed by atoms with Gasteiger partial charge in [-0.25, -0.2) is 13.6 Å². The summed E-state index contributed by atoms with van der Waals surface area (Å²) >= 11 is 0. The Morgan fingerprint density at radius 2 is 2.05 bits per heavy atom. The van der Waals surface area contributed by atoms with Gasteiger partial charge in [-0.05, 0) is 19.1 Å². The molecule has 0 radical (unpaired) electrons. The van der Waals surface area contributed by atoms with Crippen LogP contribution in [0.25, 0.3) is 0 Å². The van der Waals surface area contributed by atoms with Crippen molar-refractivity contribution in [1.29, 1.82) is 0 Å². The lowest BCUT2D eigenvalue weighted by Gasteiger charge is -2.21. The highest BCUT2D eigenvalue weighted by molar-refractivity contribution is 5.74. The predicted octanol–water partition coefficient (Wildman–Crippen LogP) is 1.32. The Hall–Kier alpha value is -2.13. The van der Waals surface area contributed by atoms with Crippen LogP contribution in [0.5, 0.6) is 0 Å². The average molecular weight is 268 g/mol. The molecule has 0 aromatic heterocycles. The minimum Gasteiger partial charge on any atom is -0.386 e. The number of hydrogen-bond donors (Lipinski definition) is 3. The van der Waals surface area contributed by atoms with Crippen molar-refractivity contribution < 1.29 is 18.7 Å². The van der Waals surface area contributed by atoms with E-state index in [1.165, 1.54) is 13.0 Å². The first-order valence-corrected chi connectivity index (χ1v) is 5.57. The monoisotopic (exact) mass is 268 g/mol. The van der Waals surface area contributed by atoms with Crippen molar-refractivity contribution in [3.8, 4) is 12.3 Å². The normalized spacial score (nSPS) is 13.2. The number of nitrogens with one attached hydrogen (secondary N) is 2. The van der Waals surface area contributed by atoms with E-state index < -0.39 is 35.4 Å². The fraction of sp³-hybridized carbons (Fsp3) is 0.308. The van der Waals surface area contributed by atoms with Gasteiger partial charge in [0.05, 0.1) is 18.2 Å².